The van der Waals surface area contributed by atoms with Crippen molar-refractivity contribution in [3.05, 3.63) is 0 Å². The summed E-state index contributed by atoms with van der Waals surface area (Å²) in [7, 11) is 4.13. The maximum absolute atomic E-state index is 11.7. The predicted molar refractivity (Wildman–Crippen MR) is 61.9 cm³/mol. The quantitative estimate of drug-likeness (QED) is 0.722. The largest absolute Gasteiger partial charge is 0.341 e. The minimum Gasteiger partial charge on any atom is -0.341 e. The summed E-state index contributed by atoms with van der Waals surface area (Å²) in [6.07, 6.45) is 2.75. The van der Waals surface area contributed by atoms with E-state index in [0.29, 0.717) is 12.3 Å². The van der Waals surface area contributed by atoms with E-state index in [0.717, 1.165) is 45.6 Å². The summed E-state index contributed by atoms with van der Waals surface area (Å²) < 4.78 is 0. The molecule has 1 N–H and O–H groups in total. The van der Waals surface area contributed by atoms with Gasteiger partial charge in [0.1, 0.15) is 0 Å². The molecule has 1 saturated heterocycles. The number of carbonyl (C=O) groups excluding carboxylic acids is 1. The number of nitrogens with zero attached hydrogens (tertiary/aromatic N) is 2. The summed E-state index contributed by atoms with van der Waals surface area (Å²) in [5, 5.41) is 3.33. The van der Waals surface area contributed by atoms with Gasteiger partial charge in [-0.2, -0.15) is 0 Å². The van der Waals surface area contributed by atoms with Gasteiger partial charge in [-0.1, -0.05) is 0 Å². The third-order valence-corrected chi connectivity index (χ3v) is 2.69. The van der Waals surface area contributed by atoms with Crippen LogP contribution < -0.4 is 5.32 Å². The van der Waals surface area contributed by atoms with Gasteiger partial charge in [-0.3, -0.25) is 4.79 Å². The number of rotatable bonds is 4. The average molecular weight is 213 g/mol. The van der Waals surface area contributed by atoms with Crippen molar-refractivity contribution in [3.63, 3.8) is 0 Å². The predicted octanol–water partition coefficient (Wildman–Crippen LogP) is 0.150. The molecule has 0 unspecified atom stereocenters. The molecule has 15 heavy (non-hydrogen) atoms. The Hall–Kier alpha value is -0.610. The van der Waals surface area contributed by atoms with E-state index in [9.17, 15) is 4.79 Å². The number of hydrogen-bond donors (Lipinski definition) is 1. The summed E-state index contributed by atoms with van der Waals surface area (Å²) in [4.78, 5) is 15.9. The number of carbonyl (C=O) groups is 1. The fourth-order valence-corrected chi connectivity index (χ4v) is 1.80. The van der Waals surface area contributed by atoms with Crippen molar-refractivity contribution >= 4 is 5.91 Å². The van der Waals surface area contributed by atoms with Gasteiger partial charge in [0.25, 0.3) is 0 Å². The summed E-state index contributed by atoms with van der Waals surface area (Å²) in [6, 6.07) is 0. The summed E-state index contributed by atoms with van der Waals surface area (Å²) >= 11 is 0. The normalized spacial score (nSPS) is 19.1. The first kappa shape index (κ1) is 12.5. The SMILES string of the molecule is CN(C)CCCN1CCNCCCC1=O. The lowest BCUT2D eigenvalue weighted by Crippen LogP contribution is -2.40. The highest BCUT2D eigenvalue weighted by molar-refractivity contribution is 5.76. The van der Waals surface area contributed by atoms with Gasteiger partial charge in [-0.25, -0.2) is 0 Å². The zero-order chi connectivity index (χ0) is 11.1. The average Bonchev–Trinajstić information content (AvgIpc) is 2.16. The highest BCUT2D eigenvalue weighted by Gasteiger charge is 2.14. The Morgan fingerprint density at radius 1 is 1.40 bits per heavy atom. The van der Waals surface area contributed by atoms with Gasteiger partial charge in [0.2, 0.25) is 5.91 Å². The molecule has 0 aromatic heterocycles. The zero-order valence-corrected chi connectivity index (χ0v) is 9.96. The van der Waals surface area contributed by atoms with Crippen molar-refractivity contribution < 1.29 is 4.79 Å². The Bertz CT molecular complexity index is 194. The molecule has 0 bridgehead atoms. The Labute approximate surface area is 92.6 Å². The van der Waals surface area contributed by atoms with E-state index in [1.54, 1.807) is 0 Å². The molecule has 0 radical (unpaired) electrons. The smallest absolute Gasteiger partial charge is 0.222 e. The van der Waals surface area contributed by atoms with E-state index < -0.39 is 0 Å². The van der Waals surface area contributed by atoms with E-state index in [-0.39, 0.29) is 0 Å². The van der Waals surface area contributed by atoms with E-state index >= 15 is 0 Å². The number of nitrogens with one attached hydrogen (secondary N) is 1. The lowest BCUT2D eigenvalue weighted by atomic mass is 10.2. The first-order valence-corrected chi connectivity index (χ1v) is 5.83. The highest BCUT2D eigenvalue weighted by Crippen LogP contribution is 2.01. The zero-order valence-electron chi connectivity index (χ0n) is 9.96. The van der Waals surface area contributed by atoms with Crippen molar-refractivity contribution in [1.82, 2.24) is 15.1 Å². The van der Waals surface area contributed by atoms with Crippen LogP contribution in [0, 0.1) is 0 Å². The van der Waals surface area contributed by atoms with Crippen LogP contribution >= 0.6 is 0 Å². The van der Waals surface area contributed by atoms with Crippen LogP contribution in [0.5, 0.6) is 0 Å². The first-order valence-electron chi connectivity index (χ1n) is 5.83. The molecule has 1 heterocycles. The lowest BCUT2D eigenvalue weighted by Gasteiger charge is -2.25. The van der Waals surface area contributed by atoms with Gasteiger partial charge in [-0.15, -0.1) is 0 Å². The van der Waals surface area contributed by atoms with Crippen LogP contribution in [0.1, 0.15) is 19.3 Å². The molecular weight excluding hydrogens is 190 g/mol. The summed E-state index contributed by atoms with van der Waals surface area (Å²) in [5.74, 6) is 0.329. The minimum atomic E-state index is 0.329. The lowest BCUT2D eigenvalue weighted by molar-refractivity contribution is -0.131. The number of amides is 1. The third-order valence-electron chi connectivity index (χ3n) is 2.69. The molecule has 1 amide bonds. The van der Waals surface area contributed by atoms with Crippen LogP contribution in [-0.2, 0) is 4.79 Å². The van der Waals surface area contributed by atoms with Crippen LogP contribution in [0.15, 0.2) is 0 Å². The van der Waals surface area contributed by atoms with E-state index in [1.165, 1.54) is 0 Å². The van der Waals surface area contributed by atoms with Crippen molar-refractivity contribution in [2.45, 2.75) is 19.3 Å². The van der Waals surface area contributed by atoms with E-state index in [1.807, 2.05) is 4.90 Å². The summed E-state index contributed by atoms with van der Waals surface area (Å²) in [6.45, 7) is 4.74. The highest BCUT2D eigenvalue weighted by atomic mass is 16.2. The van der Waals surface area contributed by atoms with Gasteiger partial charge in [0, 0.05) is 26.1 Å². The Kier molecular flexibility index (Phi) is 5.65. The van der Waals surface area contributed by atoms with Crippen LogP contribution in [0.3, 0.4) is 0 Å². The summed E-state index contributed by atoms with van der Waals surface area (Å²) in [5.41, 5.74) is 0. The fourth-order valence-electron chi connectivity index (χ4n) is 1.80. The molecule has 1 aliphatic heterocycles. The van der Waals surface area contributed by atoms with Crippen molar-refractivity contribution in [2.75, 3.05) is 46.8 Å². The Balaban J connectivity index is 2.26. The minimum absolute atomic E-state index is 0.329. The second-order valence-electron chi connectivity index (χ2n) is 4.39. The second-order valence-corrected chi connectivity index (χ2v) is 4.39. The first-order chi connectivity index (χ1) is 7.20. The van der Waals surface area contributed by atoms with Crippen molar-refractivity contribution in [1.29, 1.82) is 0 Å². The van der Waals surface area contributed by atoms with Gasteiger partial charge < -0.3 is 15.1 Å². The standard InChI is InChI=1S/C11H23N3O/c1-13(2)8-4-9-14-10-7-12-6-3-5-11(14)15/h12H,3-10H2,1-2H3. The third kappa shape index (κ3) is 5.14. The van der Waals surface area contributed by atoms with Gasteiger partial charge in [0.05, 0.1) is 0 Å². The van der Waals surface area contributed by atoms with Crippen LogP contribution in [0.4, 0.5) is 0 Å². The monoisotopic (exact) mass is 213 g/mol. The molecule has 0 aliphatic carbocycles. The van der Waals surface area contributed by atoms with Crippen LogP contribution in [0.25, 0.3) is 0 Å². The molecule has 1 rings (SSSR count). The van der Waals surface area contributed by atoms with E-state index in [2.05, 4.69) is 24.3 Å². The second kappa shape index (κ2) is 6.80. The van der Waals surface area contributed by atoms with Gasteiger partial charge in [-0.05, 0) is 40.0 Å². The molecule has 1 fully saturated rings. The Morgan fingerprint density at radius 2 is 2.20 bits per heavy atom. The van der Waals surface area contributed by atoms with Gasteiger partial charge in [0.15, 0.2) is 0 Å². The van der Waals surface area contributed by atoms with Crippen molar-refractivity contribution in [2.24, 2.45) is 0 Å². The Morgan fingerprint density at radius 3 is 2.93 bits per heavy atom. The maximum Gasteiger partial charge on any atom is 0.222 e. The molecule has 4 nitrogen and oxygen atoms in total. The molecular formula is C11H23N3O. The van der Waals surface area contributed by atoms with Gasteiger partial charge >= 0.3 is 0 Å². The van der Waals surface area contributed by atoms with Crippen molar-refractivity contribution in [3.8, 4) is 0 Å². The van der Waals surface area contributed by atoms with Crippen LogP contribution in [0.2, 0.25) is 0 Å². The molecule has 0 saturated carbocycles. The fraction of sp³-hybridized carbons (Fsp3) is 0.909. The topological polar surface area (TPSA) is 35.6 Å². The number of hydrogen-bond acceptors (Lipinski definition) is 3. The maximum atomic E-state index is 11.7. The van der Waals surface area contributed by atoms with Crippen LogP contribution in [-0.4, -0.2) is 62.5 Å². The molecule has 0 aromatic carbocycles. The van der Waals surface area contributed by atoms with E-state index in [4.69, 9.17) is 0 Å². The molecule has 4 heteroatoms. The molecule has 0 atom stereocenters. The molecule has 0 aromatic rings. The molecule has 88 valence electrons. The molecule has 0 spiro atoms. The molecule has 1 aliphatic rings.